The molecule has 6 heteroatoms. The van der Waals surface area contributed by atoms with Crippen LogP contribution in [0.5, 0.6) is 0 Å². The van der Waals surface area contributed by atoms with Crippen LogP contribution in [0.2, 0.25) is 0 Å². The lowest BCUT2D eigenvalue weighted by atomic mass is 10.0. The van der Waals surface area contributed by atoms with Crippen molar-refractivity contribution in [2.24, 2.45) is 5.16 Å². The molecule has 2 heterocycles. The van der Waals surface area contributed by atoms with E-state index in [4.69, 9.17) is 9.25 Å². The van der Waals surface area contributed by atoms with Crippen molar-refractivity contribution in [3.05, 3.63) is 59.8 Å². The van der Waals surface area contributed by atoms with Crippen molar-refractivity contribution in [1.29, 1.82) is 0 Å². The van der Waals surface area contributed by atoms with Crippen LogP contribution in [-0.4, -0.2) is 35.7 Å². The summed E-state index contributed by atoms with van der Waals surface area (Å²) in [6, 6.07) is 9.60. The van der Waals surface area contributed by atoms with Crippen molar-refractivity contribution in [1.82, 2.24) is 4.90 Å². The van der Waals surface area contributed by atoms with Crippen molar-refractivity contribution < 1.29 is 18.4 Å². The molecule has 0 fully saturated rings. The number of hydrogen-bond donors (Lipinski definition) is 0. The minimum Gasteiger partial charge on any atom is -0.459 e. The van der Waals surface area contributed by atoms with Gasteiger partial charge in [0.25, 0.3) is 5.91 Å². The van der Waals surface area contributed by atoms with Gasteiger partial charge in [-0.15, -0.1) is 0 Å². The molecule has 1 amide bonds. The number of furan rings is 1. The Morgan fingerprint density at radius 2 is 2.25 bits per heavy atom. The summed E-state index contributed by atoms with van der Waals surface area (Å²) in [5, 5.41) is 4.05. The zero-order chi connectivity index (χ0) is 16.9. The van der Waals surface area contributed by atoms with E-state index >= 15 is 0 Å². The maximum atomic E-state index is 13.3. The Morgan fingerprint density at radius 3 is 2.96 bits per heavy atom. The Hall–Kier alpha value is -2.63. The summed E-state index contributed by atoms with van der Waals surface area (Å²) in [6.07, 6.45) is 2.61. The molecule has 0 N–H and O–H groups in total. The van der Waals surface area contributed by atoms with Gasteiger partial charge in [0.2, 0.25) is 0 Å². The SMILES string of the molecule is CCCN(CC1CC(c2cccc(F)c2)=NO1)C(=O)c1ccco1. The van der Waals surface area contributed by atoms with Gasteiger partial charge in [-0.05, 0) is 30.7 Å². The first kappa shape index (κ1) is 16.2. The third kappa shape index (κ3) is 3.64. The zero-order valence-electron chi connectivity index (χ0n) is 13.4. The van der Waals surface area contributed by atoms with Gasteiger partial charge in [-0.1, -0.05) is 24.2 Å². The molecule has 1 aromatic heterocycles. The van der Waals surface area contributed by atoms with Crippen LogP contribution in [0, 0.1) is 5.82 Å². The van der Waals surface area contributed by atoms with Crippen molar-refractivity contribution in [3.63, 3.8) is 0 Å². The number of halogens is 1. The molecule has 1 aromatic carbocycles. The second-order valence-corrected chi connectivity index (χ2v) is 5.71. The molecule has 2 aromatic rings. The molecule has 126 valence electrons. The largest absolute Gasteiger partial charge is 0.459 e. The fourth-order valence-electron chi connectivity index (χ4n) is 2.71. The average Bonchev–Trinajstić information content (AvgIpc) is 3.26. The van der Waals surface area contributed by atoms with Crippen LogP contribution >= 0.6 is 0 Å². The lowest BCUT2D eigenvalue weighted by Gasteiger charge is -2.23. The topological polar surface area (TPSA) is 55.0 Å². The number of amides is 1. The molecule has 5 nitrogen and oxygen atoms in total. The van der Waals surface area contributed by atoms with Gasteiger partial charge in [-0.25, -0.2) is 4.39 Å². The molecule has 1 aliphatic heterocycles. The molecule has 1 aliphatic rings. The summed E-state index contributed by atoms with van der Waals surface area (Å²) in [5.41, 5.74) is 1.40. The van der Waals surface area contributed by atoms with Crippen LogP contribution in [-0.2, 0) is 4.84 Å². The summed E-state index contributed by atoms with van der Waals surface area (Å²) in [5.74, 6) is -0.156. The predicted octanol–water partition coefficient (Wildman–Crippen LogP) is 3.46. The van der Waals surface area contributed by atoms with E-state index in [0.717, 1.165) is 6.42 Å². The summed E-state index contributed by atoms with van der Waals surface area (Å²) in [6.45, 7) is 3.02. The van der Waals surface area contributed by atoms with Crippen molar-refractivity contribution in [2.75, 3.05) is 13.1 Å². The van der Waals surface area contributed by atoms with Crippen LogP contribution in [0.1, 0.15) is 35.9 Å². The van der Waals surface area contributed by atoms with E-state index in [2.05, 4.69) is 5.16 Å². The molecular formula is C18H19FN2O3. The molecule has 0 bridgehead atoms. The number of rotatable bonds is 6. The van der Waals surface area contributed by atoms with Crippen LogP contribution in [0.25, 0.3) is 0 Å². The van der Waals surface area contributed by atoms with E-state index in [-0.39, 0.29) is 17.8 Å². The smallest absolute Gasteiger partial charge is 0.289 e. The van der Waals surface area contributed by atoms with E-state index in [1.165, 1.54) is 18.4 Å². The van der Waals surface area contributed by atoms with Crippen molar-refractivity contribution in [2.45, 2.75) is 25.9 Å². The molecule has 0 spiro atoms. The Bertz CT molecular complexity index is 728. The second-order valence-electron chi connectivity index (χ2n) is 5.71. The molecule has 1 atom stereocenters. The fourth-order valence-corrected chi connectivity index (χ4v) is 2.71. The molecule has 0 saturated carbocycles. The standard InChI is InChI=1S/C18H19FN2O3/c1-2-8-21(18(22)17-7-4-9-23-17)12-15-11-16(20-24-15)13-5-3-6-14(19)10-13/h3-7,9-10,15H,2,8,11-12H2,1H3. The maximum absolute atomic E-state index is 13.3. The number of carbonyl (C=O) groups is 1. The lowest BCUT2D eigenvalue weighted by Crippen LogP contribution is -2.38. The second kappa shape index (κ2) is 7.29. The third-order valence-corrected chi connectivity index (χ3v) is 3.83. The Morgan fingerprint density at radius 1 is 1.38 bits per heavy atom. The van der Waals surface area contributed by atoms with Gasteiger partial charge in [0.05, 0.1) is 18.5 Å². The maximum Gasteiger partial charge on any atom is 0.289 e. The predicted molar refractivity (Wildman–Crippen MR) is 87.3 cm³/mol. The minimum absolute atomic E-state index is 0.162. The summed E-state index contributed by atoms with van der Waals surface area (Å²) >= 11 is 0. The number of hydrogen-bond acceptors (Lipinski definition) is 4. The normalized spacial score (nSPS) is 16.6. The number of oxime groups is 1. The van der Waals surface area contributed by atoms with Gasteiger partial charge in [-0.3, -0.25) is 4.79 Å². The fraction of sp³-hybridized carbons (Fsp3) is 0.333. The first-order chi connectivity index (χ1) is 11.7. The van der Waals surface area contributed by atoms with E-state index in [9.17, 15) is 9.18 Å². The minimum atomic E-state index is -0.306. The van der Waals surface area contributed by atoms with Gasteiger partial charge in [0.1, 0.15) is 5.82 Å². The highest BCUT2D eigenvalue weighted by Crippen LogP contribution is 2.19. The molecule has 0 saturated heterocycles. The van der Waals surface area contributed by atoms with Gasteiger partial charge in [0, 0.05) is 18.5 Å². The molecule has 24 heavy (non-hydrogen) atoms. The van der Waals surface area contributed by atoms with Crippen molar-refractivity contribution in [3.8, 4) is 0 Å². The Labute approximate surface area is 139 Å². The van der Waals surface area contributed by atoms with Crippen LogP contribution in [0.4, 0.5) is 4.39 Å². The van der Waals surface area contributed by atoms with Gasteiger partial charge in [-0.2, -0.15) is 0 Å². The highest BCUT2D eigenvalue weighted by Gasteiger charge is 2.27. The molecule has 0 aliphatic carbocycles. The average molecular weight is 330 g/mol. The summed E-state index contributed by atoms with van der Waals surface area (Å²) in [7, 11) is 0. The van der Waals surface area contributed by atoms with Gasteiger partial charge >= 0.3 is 0 Å². The van der Waals surface area contributed by atoms with Gasteiger partial charge < -0.3 is 14.2 Å². The van der Waals surface area contributed by atoms with E-state index < -0.39 is 0 Å². The molecule has 1 unspecified atom stereocenters. The Kier molecular flexibility index (Phi) is 4.93. The highest BCUT2D eigenvalue weighted by atomic mass is 19.1. The molecule has 0 radical (unpaired) electrons. The number of nitrogens with zero attached hydrogens (tertiary/aromatic N) is 2. The van der Waals surface area contributed by atoms with Crippen LogP contribution < -0.4 is 0 Å². The molecular weight excluding hydrogens is 311 g/mol. The van der Waals surface area contributed by atoms with Crippen molar-refractivity contribution >= 4 is 11.6 Å². The number of carbonyl (C=O) groups excluding carboxylic acids is 1. The zero-order valence-corrected chi connectivity index (χ0v) is 13.4. The van der Waals surface area contributed by atoms with E-state index in [1.54, 1.807) is 29.2 Å². The first-order valence-electron chi connectivity index (χ1n) is 7.98. The lowest BCUT2D eigenvalue weighted by molar-refractivity contribution is 0.0405. The van der Waals surface area contributed by atoms with Crippen LogP contribution in [0.3, 0.4) is 0 Å². The van der Waals surface area contributed by atoms with Gasteiger partial charge in [0.15, 0.2) is 11.9 Å². The monoisotopic (exact) mass is 330 g/mol. The quantitative estimate of drug-likeness (QED) is 0.815. The molecule has 3 rings (SSSR count). The summed E-state index contributed by atoms with van der Waals surface area (Å²) in [4.78, 5) is 19.6. The Balaban J connectivity index is 1.64. The highest BCUT2D eigenvalue weighted by molar-refractivity contribution is 6.01. The first-order valence-corrected chi connectivity index (χ1v) is 7.98. The summed E-state index contributed by atoms with van der Waals surface area (Å²) < 4.78 is 18.5. The van der Waals surface area contributed by atoms with E-state index in [0.29, 0.717) is 36.5 Å². The number of benzene rings is 1. The van der Waals surface area contributed by atoms with E-state index in [1.807, 2.05) is 6.92 Å². The third-order valence-electron chi connectivity index (χ3n) is 3.83. The van der Waals surface area contributed by atoms with Crippen LogP contribution in [0.15, 0.2) is 52.2 Å².